The fourth-order valence-corrected chi connectivity index (χ4v) is 3.58. The lowest BCUT2D eigenvalue weighted by Crippen LogP contribution is -2.40. The quantitative estimate of drug-likeness (QED) is 0.704. The van der Waals surface area contributed by atoms with Crippen molar-refractivity contribution in [2.45, 2.75) is 38.5 Å². The molecule has 2 aromatic rings. The standard InChI is InChI=1S/C20H26N4O4/c1-3-28-18(26)12-11-17(25)23-13-7-8-15(14-23)19-21-22(2)20(27)24(19)16-9-5-4-6-10-16/h4-6,9-10,15H,3,7-8,11-14H2,1-2H3. The number of likely N-dealkylation sites (tertiary alicyclic amines) is 1. The molecule has 2 heterocycles. The smallest absolute Gasteiger partial charge is 0.350 e. The molecule has 1 aromatic carbocycles. The summed E-state index contributed by atoms with van der Waals surface area (Å²) in [6.45, 7) is 3.20. The van der Waals surface area contributed by atoms with Gasteiger partial charge in [0, 0.05) is 32.5 Å². The zero-order valence-electron chi connectivity index (χ0n) is 16.3. The molecule has 0 radical (unpaired) electrons. The molecule has 1 aliphatic heterocycles. The van der Waals surface area contributed by atoms with Crippen molar-refractivity contribution < 1.29 is 14.3 Å². The van der Waals surface area contributed by atoms with E-state index < -0.39 is 0 Å². The summed E-state index contributed by atoms with van der Waals surface area (Å²) in [6.07, 6.45) is 1.91. The Kier molecular flexibility index (Phi) is 6.28. The van der Waals surface area contributed by atoms with Gasteiger partial charge in [-0.15, -0.1) is 0 Å². The Balaban J connectivity index is 1.76. The number of hydrogen-bond acceptors (Lipinski definition) is 5. The van der Waals surface area contributed by atoms with E-state index in [9.17, 15) is 14.4 Å². The highest BCUT2D eigenvalue weighted by Crippen LogP contribution is 2.27. The average molecular weight is 386 g/mol. The van der Waals surface area contributed by atoms with E-state index in [-0.39, 0.29) is 36.3 Å². The Labute approximate surface area is 163 Å². The Morgan fingerprint density at radius 1 is 1.21 bits per heavy atom. The molecule has 150 valence electrons. The Hall–Kier alpha value is -2.90. The number of nitrogens with zero attached hydrogens (tertiary/aromatic N) is 4. The van der Waals surface area contributed by atoms with Crippen LogP contribution in [0.5, 0.6) is 0 Å². The van der Waals surface area contributed by atoms with E-state index in [0.29, 0.717) is 25.5 Å². The molecule has 1 unspecified atom stereocenters. The van der Waals surface area contributed by atoms with E-state index >= 15 is 0 Å². The number of para-hydroxylation sites is 1. The van der Waals surface area contributed by atoms with Crippen molar-refractivity contribution in [3.8, 4) is 5.69 Å². The molecule has 0 spiro atoms. The van der Waals surface area contributed by atoms with E-state index in [1.165, 1.54) is 4.68 Å². The van der Waals surface area contributed by atoms with Crippen molar-refractivity contribution >= 4 is 11.9 Å². The lowest BCUT2D eigenvalue weighted by Gasteiger charge is -2.32. The summed E-state index contributed by atoms with van der Waals surface area (Å²) < 4.78 is 7.85. The van der Waals surface area contributed by atoms with Gasteiger partial charge >= 0.3 is 11.7 Å². The van der Waals surface area contributed by atoms with Crippen LogP contribution in [0.2, 0.25) is 0 Å². The average Bonchev–Trinajstić information content (AvgIpc) is 3.02. The van der Waals surface area contributed by atoms with Crippen LogP contribution in [0.1, 0.15) is 44.3 Å². The van der Waals surface area contributed by atoms with Crippen LogP contribution >= 0.6 is 0 Å². The maximum atomic E-state index is 12.6. The van der Waals surface area contributed by atoms with Crippen LogP contribution < -0.4 is 5.69 Å². The lowest BCUT2D eigenvalue weighted by atomic mass is 9.96. The van der Waals surface area contributed by atoms with E-state index in [2.05, 4.69) is 5.10 Å². The van der Waals surface area contributed by atoms with Crippen molar-refractivity contribution in [1.82, 2.24) is 19.2 Å². The van der Waals surface area contributed by atoms with Gasteiger partial charge in [-0.1, -0.05) is 18.2 Å². The molecule has 1 atom stereocenters. The Bertz CT molecular complexity index is 887. The summed E-state index contributed by atoms with van der Waals surface area (Å²) in [5.41, 5.74) is 0.563. The summed E-state index contributed by atoms with van der Waals surface area (Å²) in [6, 6.07) is 9.40. The number of benzene rings is 1. The Morgan fingerprint density at radius 3 is 2.68 bits per heavy atom. The van der Waals surface area contributed by atoms with Crippen LogP contribution in [-0.2, 0) is 21.4 Å². The number of carbonyl (C=O) groups is 2. The first-order chi connectivity index (χ1) is 13.5. The molecule has 0 aliphatic carbocycles. The lowest BCUT2D eigenvalue weighted by molar-refractivity contribution is -0.146. The normalized spacial score (nSPS) is 16.8. The van der Waals surface area contributed by atoms with Crippen LogP contribution in [-0.4, -0.2) is 50.8 Å². The molecular formula is C20H26N4O4. The van der Waals surface area contributed by atoms with Crippen LogP contribution in [0.4, 0.5) is 0 Å². The third-order valence-electron chi connectivity index (χ3n) is 4.95. The zero-order valence-corrected chi connectivity index (χ0v) is 16.3. The Morgan fingerprint density at radius 2 is 1.96 bits per heavy atom. The predicted molar refractivity (Wildman–Crippen MR) is 103 cm³/mol. The molecule has 8 nitrogen and oxygen atoms in total. The number of ether oxygens (including phenoxy) is 1. The minimum Gasteiger partial charge on any atom is -0.466 e. The largest absolute Gasteiger partial charge is 0.466 e. The van der Waals surface area contributed by atoms with Gasteiger partial charge in [0.1, 0.15) is 5.82 Å². The highest BCUT2D eigenvalue weighted by Gasteiger charge is 2.29. The molecule has 1 aromatic heterocycles. The highest BCUT2D eigenvalue weighted by molar-refractivity contribution is 5.81. The maximum Gasteiger partial charge on any atom is 0.350 e. The molecule has 0 bridgehead atoms. The minimum absolute atomic E-state index is 0.0330. The number of rotatable bonds is 6. The topological polar surface area (TPSA) is 86.4 Å². The monoisotopic (exact) mass is 386 g/mol. The van der Waals surface area contributed by atoms with Gasteiger partial charge in [-0.2, -0.15) is 5.10 Å². The van der Waals surface area contributed by atoms with Gasteiger partial charge in [0.2, 0.25) is 5.91 Å². The summed E-state index contributed by atoms with van der Waals surface area (Å²) in [5, 5.41) is 4.46. The number of carbonyl (C=O) groups excluding carboxylic acids is 2. The molecule has 1 aliphatic rings. The van der Waals surface area contributed by atoms with Crippen molar-refractivity contribution in [1.29, 1.82) is 0 Å². The maximum absolute atomic E-state index is 12.6. The van der Waals surface area contributed by atoms with Gasteiger partial charge in [0.15, 0.2) is 0 Å². The molecule has 3 rings (SSSR count). The molecule has 8 heteroatoms. The van der Waals surface area contributed by atoms with Crippen LogP contribution in [0.25, 0.3) is 5.69 Å². The van der Waals surface area contributed by atoms with E-state index in [1.807, 2.05) is 30.3 Å². The van der Waals surface area contributed by atoms with Gasteiger partial charge in [-0.25, -0.2) is 14.0 Å². The molecule has 0 N–H and O–H groups in total. The van der Waals surface area contributed by atoms with Crippen LogP contribution in [0.15, 0.2) is 35.1 Å². The molecule has 0 saturated carbocycles. The van der Waals surface area contributed by atoms with Crippen molar-refractivity contribution in [2.75, 3.05) is 19.7 Å². The van der Waals surface area contributed by atoms with Gasteiger partial charge in [-0.05, 0) is 31.9 Å². The van der Waals surface area contributed by atoms with Gasteiger partial charge in [0.05, 0.1) is 18.7 Å². The SMILES string of the molecule is CCOC(=O)CCC(=O)N1CCCC(c2nn(C)c(=O)n2-c2ccccc2)C1. The summed E-state index contributed by atoms with van der Waals surface area (Å²) in [5.74, 6) is 0.213. The molecule has 1 amide bonds. The minimum atomic E-state index is -0.355. The number of aryl methyl sites for hydroxylation is 1. The summed E-state index contributed by atoms with van der Waals surface area (Å²) in [4.78, 5) is 38.4. The predicted octanol–water partition coefficient (Wildman–Crippen LogP) is 1.62. The molecular weight excluding hydrogens is 360 g/mol. The fraction of sp³-hybridized carbons (Fsp3) is 0.500. The zero-order chi connectivity index (χ0) is 20.1. The molecule has 1 fully saturated rings. The highest BCUT2D eigenvalue weighted by atomic mass is 16.5. The molecule has 1 saturated heterocycles. The first kappa shape index (κ1) is 19.9. The number of hydrogen-bond donors (Lipinski definition) is 0. The molecule has 28 heavy (non-hydrogen) atoms. The van der Waals surface area contributed by atoms with Crippen LogP contribution in [0, 0.1) is 0 Å². The van der Waals surface area contributed by atoms with E-state index in [0.717, 1.165) is 18.5 Å². The van der Waals surface area contributed by atoms with E-state index in [4.69, 9.17) is 4.74 Å². The van der Waals surface area contributed by atoms with Crippen LogP contribution in [0.3, 0.4) is 0 Å². The first-order valence-electron chi connectivity index (χ1n) is 9.66. The first-order valence-corrected chi connectivity index (χ1v) is 9.66. The number of piperidine rings is 1. The number of aromatic nitrogens is 3. The van der Waals surface area contributed by atoms with Crippen molar-refractivity contribution in [3.05, 3.63) is 46.6 Å². The third kappa shape index (κ3) is 4.32. The van der Waals surface area contributed by atoms with Gasteiger partial charge in [0.25, 0.3) is 0 Å². The summed E-state index contributed by atoms with van der Waals surface area (Å²) >= 11 is 0. The number of esters is 1. The second-order valence-corrected chi connectivity index (χ2v) is 6.92. The summed E-state index contributed by atoms with van der Waals surface area (Å²) in [7, 11) is 1.64. The third-order valence-corrected chi connectivity index (χ3v) is 4.95. The second-order valence-electron chi connectivity index (χ2n) is 6.92. The number of amides is 1. The fourth-order valence-electron chi connectivity index (χ4n) is 3.58. The van der Waals surface area contributed by atoms with Crippen molar-refractivity contribution in [3.63, 3.8) is 0 Å². The second kappa shape index (κ2) is 8.86. The van der Waals surface area contributed by atoms with Crippen molar-refractivity contribution in [2.24, 2.45) is 7.05 Å². The van der Waals surface area contributed by atoms with E-state index in [1.54, 1.807) is 23.4 Å². The van der Waals surface area contributed by atoms with Gasteiger partial charge < -0.3 is 9.64 Å². The van der Waals surface area contributed by atoms with Gasteiger partial charge in [-0.3, -0.25) is 9.59 Å².